The molecule has 3 N–H and O–H groups in total. The van der Waals surface area contributed by atoms with Crippen molar-refractivity contribution in [2.75, 3.05) is 21.2 Å². The summed E-state index contributed by atoms with van der Waals surface area (Å²) in [5.74, 6) is -4.65. The predicted molar refractivity (Wildman–Crippen MR) is 184 cm³/mol. The van der Waals surface area contributed by atoms with E-state index in [9.17, 15) is 24.9 Å². The zero-order chi connectivity index (χ0) is 36.8. The summed E-state index contributed by atoms with van der Waals surface area (Å²) in [6.07, 6.45) is -4.94. The molecule has 1 aromatic rings. The zero-order valence-corrected chi connectivity index (χ0v) is 31.2. The van der Waals surface area contributed by atoms with Gasteiger partial charge in [-0.25, -0.2) is 0 Å². The molecule has 0 unspecified atom stereocenters. The van der Waals surface area contributed by atoms with Crippen molar-refractivity contribution in [3.63, 3.8) is 0 Å². The summed E-state index contributed by atoms with van der Waals surface area (Å²) in [7, 11) is 5.27. The number of aliphatic hydroxyl groups is 3. The van der Waals surface area contributed by atoms with E-state index in [4.69, 9.17) is 23.8 Å². The van der Waals surface area contributed by atoms with Crippen molar-refractivity contribution in [3.05, 3.63) is 35.9 Å². The fourth-order valence-electron chi connectivity index (χ4n) is 7.37. The third-order valence-electron chi connectivity index (χ3n) is 10.6. The Morgan fingerprint density at radius 1 is 1.02 bits per heavy atom. The Morgan fingerprint density at radius 2 is 1.65 bits per heavy atom. The van der Waals surface area contributed by atoms with Gasteiger partial charge in [0.1, 0.15) is 30.3 Å². The second-order valence-corrected chi connectivity index (χ2v) is 14.7. The van der Waals surface area contributed by atoms with Crippen LogP contribution >= 0.6 is 0 Å². The summed E-state index contributed by atoms with van der Waals surface area (Å²) in [5, 5.41) is 39.3. The highest BCUT2D eigenvalue weighted by Crippen LogP contribution is 2.38. The van der Waals surface area contributed by atoms with Crippen LogP contribution in [0.2, 0.25) is 0 Å². The fourth-order valence-corrected chi connectivity index (χ4v) is 7.37. The van der Waals surface area contributed by atoms with Crippen LogP contribution in [0.1, 0.15) is 80.2 Å². The number of benzene rings is 1. The number of Topliss-reactive ketones (excluding diaryl/α,β-unsaturated/α-hetero) is 1. The number of carbonyl (C=O) groups is 2. The van der Waals surface area contributed by atoms with E-state index < -0.39 is 77.3 Å². The van der Waals surface area contributed by atoms with Crippen LogP contribution in [-0.4, -0.2) is 113 Å². The Balaban J connectivity index is 2.14. The summed E-state index contributed by atoms with van der Waals surface area (Å²) in [4.78, 5) is 35.3. The molecule has 2 aliphatic rings. The molecule has 0 radical (unpaired) electrons. The van der Waals surface area contributed by atoms with Crippen LogP contribution in [0.15, 0.2) is 35.5 Å². The molecule has 278 valence electrons. The van der Waals surface area contributed by atoms with E-state index in [-0.39, 0.29) is 31.6 Å². The highest BCUT2D eigenvalue weighted by molar-refractivity contribution is 6.00. The minimum absolute atomic E-state index is 0.171. The maximum absolute atomic E-state index is 14.1. The SMILES string of the molecule is CC[C@@H]1OC(=O)[C@H](C)C(=O)[C@H](C)[C@@H](O[C@@H]2O[C@H](C)C[C@H](N(C)C)[C@H]2O)[C@@](C)(OC)C[C@@H](C)/C(=N\OCc2ccccc2)[C@@H](C)[C@@H](O)[C@]1(C)O. The van der Waals surface area contributed by atoms with Gasteiger partial charge in [0.05, 0.1) is 29.6 Å². The van der Waals surface area contributed by atoms with Gasteiger partial charge < -0.3 is 44.0 Å². The van der Waals surface area contributed by atoms with Crippen molar-refractivity contribution in [1.82, 2.24) is 4.90 Å². The number of hydrogen-bond acceptors (Lipinski definition) is 12. The zero-order valence-electron chi connectivity index (χ0n) is 31.2. The average molecular weight is 693 g/mol. The minimum atomic E-state index is -1.90. The molecule has 0 saturated carbocycles. The highest BCUT2D eigenvalue weighted by Gasteiger charge is 2.51. The molecular weight excluding hydrogens is 632 g/mol. The number of rotatable bonds is 8. The van der Waals surface area contributed by atoms with Gasteiger partial charge in [0.25, 0.3) is 0 Å². The number of nitrogens with zero attached hydrogens (tertiary/aromatic N) is 2. The van der Waals surface area contributed by atoms with Crippen LogP contribution in [0.3, 0.4) is 0 Å². The van der Waals surface area contributed by atoms with E-state index >= 15 is 0 Å². The molecule has 12 nitrogen and oxygen atoms in total. The Kier molecular flexibility index (Phi) is 14.4. The van der Waals surface area contributed by atoms with Crippen LogP contribution in [0.4, 0.5) is 0 Å². The Bertz CT molecular complexity index is 1260. The van der Waals surface area contributed by atoms with Crippen LogP contribution in [-0.2, 0) is 40.0 Å². The van der Waals surface area contributed by atoms with E-state index in [0.29, 0.717) is 12.1 Å². The molecule has 2 saturated heterocycles. The molecule has 0 aliphatic carbocycles. The van der Waals surface area contributed by atoms with E-state index in [1.165, 1.54) is 21.0 Å². The molecule has 2 fully saturated rings. The largest absolute Gasteiger partial charge is 0.459 e. The number of cyclic esters (lactones) is 1. The smallest absolute Gasteiger partial charge is 0.316 e. The molecular formula is C37H60N2O10. The van der Waals surface area contributed by atoms with Gasteiger partial charge in [-0.15, -0.1) is 0 Å². The number of esters is 1. The summed E-state index contributed by atoms with van der Waals surface area (Å²) < 4.78 is 24.7. The molecule has 13 atom stereocenters. The first-order valence-electron chi connectivity index (χ1n) is 17.5. The molecule has 12 heteroatoms. The van der Waals surface area contributed by atoms with Crippen LogP contribution in [0.5, 0.6) is 0 Å². The number of likely N-dealkylation sites (N-methyl/N-ethyl adjacent to an activating group) is 1. The number of carbonyl (C=O) groups excluding carboxylic acids is 2. The van der Waals surface area contributed by atoms with E-state index in [1.54, 1.807) is 20.8 Å². The lowest BCUT2D eigenvalue weighted by Gasteiger charge is -2.47. The van der Waals surface area contributed by atoms with Crippen molar-refractivity contribution in [2.24, 2.45) is 28.8 Å². The molecule has 0 aromatic heterocycles. The summed E-state index contributed by atoms with van der Waals surface area (Å²) in [6, 6.07) is 9.25. The van der Waals surface area contributed by atoms with Gasteiger partial charge >= 0.3 is 5.97 Å². The highest BCUT2D eigenvalue weighted by atomic mass is 16.7. The summed E-state index contributed by atoms with van der Waals surface area (Å²) >= 11 is 0. The summed E-state index contributed by atoms with van der Waals surface area (Å²) in [5.41, 5.74) is -1.77. The predicted octanol–water partition coefficient (Wildman–Crippen LogP) is 3.73. The Morgan fingerprint density at radius 3 is 2.22 bits per heavy atom. The lowest BCUT2D eigenvalue weighted by atomic mass is 9.74. The maximum atomic E-state index is 14.1. The monoisotopic (exact) mass is 692 g/mol. The molecule has 0 bridgehead atoms. The normalized spacial score (nSPS) is 41.0. The molecule has 49 heavy (non-hydrogen) atoms. The lowest BCUT2D eigenvalue weighted by Crippen LogP contribution is -2.60. The number of ketones is 1. The van der Waals surface area contributed by atoms with Gasteiger partial charge in [-0.05, 0) is 66.6 Å². The quantitative estimate of drug-likeness (QED) is 0.207. The van der Waals surface area contributed by atoms with Crippen molar-refractivity contribution < 1.29 is 48.7 Å². The van der Waals surface area contributed by atoms with E-state index in [0.717, 1.165) is 5.56 Å². The maximum Gasteiger partial charge on any atom is 0.316 e. The standard InChI is InChI=1S/C37H60N2O10/c1-12-28-37(8,44)32(42)23(4)29(38-46-20-26-16-14-13-15-17-26)21(2)19-36(7,45-11)33(24(5)30(40)25(6)34(43)48-28)49-35-31(41)27(39(9)10)18-22(3)47-35/h13-17,21-25,27-28,31-33,35,41-42,44H,12,18-20H2,1-11H3/b38-29+/t21-,22-,23-,24+,25-,27+,28+,31-,32-,33-,35+,36+,37-/m1/s1. The van der Waals surface area contributed by atoms with Crippen LogP contribution in [0.25, 0.3) is 0 Å². The second-order valence-electron chi connectivity index (χ2n) is 14.7. The Hall–Kier alpha value is -2.45. The number of ether oxygens (including phenoxy) is 4. The molecule has 1 aromatic carbocycles. The third kappa shape index (κ3) is 9.46. The van der Waals surface area contributed by atoms with Crippen molar-refractivity contribution in [1.29, 1.82) is 0 Å². The van der Waals surface area contributed by atoms with Crippen molar-refractivity contribution in [2.45, 2.75) is 135 Å². The number of methoxy groups -OCH3 is 1. The van der Waals surface area contributed by atoms with Gasteiger partial charge in [0.2, 0.25) is 0 Å². The van der Waals surface area contributed by atoms with Gasteiger partial charge in [-0.1, -0.05) is 63.2 Å². The van der Waals surface area contributed by atoms with Crippen molar-refractivity contribution >= 4 is 17.5 Å². The van der Waals surface area contributed by atoms with Gasteiger partial charge in [-0.3, -0.25) is 9.59 Å². The first kappa shape index (κ1) is 41.0. The average Bonchev–Trinajstić information content (AvgIpc) is 3.06. The summed E-state index contributed by atoms with van der Waals surface area (Å²) in [6.45, 7) is 13.8. The first-order valence-corrected chi connectivity index (χ1v) is 17.5. The number of hydrogen-bond donors (Lipinski definition) is 3. The van der Waals surface area contributed by atoms with Gasteiger partial charge in [0.15, 0.2) is 12.1 Å². The third-order valence-corrected chi connectivity index (χ3v) is 10.6. The van der Waals surface area contributed by atoms with Crippen molar-refractivity contribution in [3.8, 4) is 0 Å². The van der Waals surface area contributed by atoms with Gasteiger partial charge in [-0.2, -0.15) is 0 Å². The number of aliphatic hydroxyl groups excluding tert-OH is 2. The van der Waals surface area contributed by atoms with Crippen LogP contribution < -0.4 is 0 Å². The first-order chi connectivity index (χ1) is 22.9. The second kappa shape index (κ2) is 17.2. The molecule has 3 rings (SSSR count). The molecule has 2 heterocycles. The van der Waals surface area contributed by atoms with Crippen LogP contribution in [0, 0.1) is 23.7 Å². The molecule has 2 aliphatic heterocycles. The molecule has 0 spiro atoms. The van der Waals surface area contributed by atoms with E-state index in [2.05, 4.69) is 5.16 Å². The topological polar surface area (TPSA) is 157 Å². The lowest BCUT2D eigenvalue weighted by molar-refractivity contribution is -0.295. The molecule has 0 amide bonds. The Labute approximate surface area is 292 Å². The number of oxime groups is 1. The van der Waals surface area contributed by atoms with E-state index in [1.807, 2.05) is 70.1 Å². The minimum Gasteiger partial charge on any atom is -0.459 e. The fraction of sp³-hybridized carbons (Fsp3) is 0.757. The van der Waals surface area contributed by atoms with Gasteiger partial charge in [0, 0.05) is 30.9 Å².